The van der Waals surface area contributed by atoms with Crippen molar-refractivity contribution in [2.75, 3.05) is 0 Å². The molecule has 2 bridgehead atoms. The molecule has 2 saturated heterocycles. The summed E-state index contributed by atoms with van der Waals surface area (Å²) in [6.45, 7) is 0. The summed E-state index contributed by atoms with van der Waals surface area (Å²) in [5.74, 6) is 1.58. The smallest absolute Gasteiger partial charge is 0.152 e. The van der Waals surface area contributed by atoms with Crippen LogP contribution in [0.2, 0.25) is 5.15 Å². The van der Waals surface area contributed by atoms with Gasteiger partial charge in [0.05, 0.1) is 0 Å². The molecule has 2 fully saturated rings. The monoisotopic (exact) mass is 248 g/mol. The molecule has 0 saturated carbocycles. The molecule has 88 valence electrons. The average Bonchev–Trinajstić information content (AvgIpc) is 3.01. The molecule has 1 N–H and O–H groups in total. The van der Waals surface area contributed by atoms with E-state index in [1.807, 2.05) is 12.1 Å². The normalized spacial score (nSPS) is 31.5. The van der Waals surface area contributed by atoms with Gasteiger partial charge >= 0.3 is 0 Å². The van der Waals surface area contributed by atoms with Gasteiger partial charge in [0.2, 0.25) is 0 Å². The van der Waals surface area contributed by atoms with E-state index in [0.717, 1.165) is 16.9 Å². The number of nitrogens with zero attached hydrogens (tertiary/aromatic N) is 1. The van der Waals surface area contributed by atoms with Gasteiger partial charge in [-0.25, -0.2) is 4.98 Å². The van der Waals surface area contributed by atoms with Crippen LogP contribution in [-0.2, 0) is 0 Å². The largest absolute Gasteiger partial charge is 0.459 e. The highest BCUT2D eigenvalue weighted by molar-refractivity contribution is 6.29. The number of pyridine rings is 1. The van der Waals surface area contributed by atoms with Crippen LogP contribution in [0, 0.1) is 0 Å². The zero-order valence-corrected chi connectivity index (χ0v) is 10.1. The molecule has 2 aromatic rings. The summed E-state index contributed by atoms with van der Waals surface area (Å²) in [6.07, 6.45) is 3.77. The Kier molecular flexibility index (Phi) is 2.02. The van der Waals surface area contributed by atoms with Crippen LogP contribution in [0.1, 0.15) is 30.9 Å². The van der Waals surface area contributed by atoms with E-state index >= 15 is 0 Å². The van der Waals surface area contributed by atoms with E-state index in [1.54, 1.807) is 6.07 Å². The fraction of sp³-hybridized carbons (Fsp3) is 0.462. The van der Waals surface area contributed by atoms with Crippen molar-refractivity contribution in [3.8, 4) is 0 Å². The molecule has 0 amide bonds. The molecular weight excluding hydrogens is 236 g/mol. The third-order valence-electron chi connectivity index (χ3n) is 4.02. The van der Waals surface area contributed by atoms with Crippen molar-refractivity contribution in [1.82, 2.24) is 10.3 Å². The van der Waals surface area contributed by atoms with Gasteiger partial charge in [0.1, 0.15) is 16.4 Å². The van der Waals surface area contributed by atoms with E-state index in [9.17, 15) is 0 Å². The summed E-state index contributed by atoms with van der Waals surface area (Å²) in [7, 11) is 0. The molecule has 4 rings (SSSR count). The molecule has 3 nitrogen and oxygen atoms in total. The van der Waals surface area contributed by atoms with Crippen molar-refractivity contribution in [1.29, 1.82) is 0 Å². The van der Waals surface area contributed by atoms with Crippen molar-refractivity contribution in [3.63, 3.8) is 0 Å². The van der Waals surface area contributed by atoms with Gasteiger partial charge < -0.3 is 9.73 Å². The number of furan rings is 1. The van der Waals surface area contributed by atoms with E-state index in [-0.39, 0.29) is 0 Å². The SMILES string of the molecule is Clc1ccc2oc(C3CC4CCC3N4)cc2n1. The number of rotatable bonds is 1. The molecule has 0 aromatic carbocycles. The van der Waals surface area contributed by atoms with E-state index in [4.69, 9.17) is 16.0 Å². The van der Waals surface area contributed by atoms with Crippen LogP contribution in [0.4, 0.5) is 0 Å². The van der Waals surface area contributed by atoms with Crippen molar-refractivity contribution < 1.29 is 4.42 Å². The summed E-state index contributed by atoms with van der Waals surface area (Å²) < 4.78 is 5.90. The minimum absolute atomic E-state index is 0.515. The lowest BCUT2D eigenvalue weighted by Crippen LogP contribution is -2.21. The number of aromatic nitrogens is 1. The Morgan fingerprint density at radius 2 is 2.29 bits per heavy atom. The molecule has 3 atom stereocenters. The maximum Gasteiger partial charge on any atom is 0.152 e. The predicted octanol–water partition coefficient (Wildman–Crippen LogP) is 3.09. The lowest BCUT2D eigenvalue weighted by Gasteiger charge is -2.17. The minimum Gasteiger partial charge on any atom is -0.459 e. The lowest BCUT2D eigenvalue weighted by molar-refractivity contribution is 0.422. The zero-order chi connectivity index (χ0) is 11.4. The maximum absolute atomic E-state index is 5.90. The van der Waals surface area contributed by atoms with Gasteiger partial charge in [-0.1, -0.05) is 11.6 Å². The first-order valence-corrected chi connectivity index (χ1v) is 6.49. The van der Waals surface area contributed by atoms with Crippen LogP contribution in [0.15, 0.2) is 22.6 Å². The van der Waals surface area contributed by atoms with Gasteiger partial charge in [-0.15, -0.1) is 0 Å². The van der Waals surface area contributed by atoms with Crippen LogP contribution >= 0.6 is 11.6 Å². The number of nitrogens with one attached hydrogen (secondary N) is 1. The second-order valence-corrected chi connectivity index (χ2v) is 5.44. The third kappa shape index (κ3) is 1.49. The highest BCUT2D eigenvalue weighted by Crippen LogP contribution is 2.41. The topological polar surface area (TPSA) is 38.1 Å². The molecule has 3 unspecified atom stereocenters. The lowest BCUT2D eigenvalue weighted by atomic mass is 9.87. The maximum atomic E-state index is 5.90. The van der Waals surface area contributed by atoms with Gasteiger partial charge in [0.25, 0.3) is 0 Å². The van der Waals surface area contributed by atoms with Crippen LogP contribution in [0.5, 0.6) is 0 Å². The second kappa shape index (κ2) is 3.47. The molecule has 0 radical (unpaired) electrons. The fourth-order valence-corrected chi connectivity index (χ4v) is 3.39. The van der Waals surface area contributed by atoms with Crippen LogP contribution in [0.3, 0.4) is 0 Å². The zero-order valence-electron chi connectivity index (χ0n) is 9.32. The Hall–Kier alpha value is -1.06. The van der Waals surface area contributed by atoms with Crippen LogP contribution < -0.4 is 5.32 Å². The standard InChI is InChI=1S/C13H13ClN2O/c14-13-4-3-11-10(16-13)6-12(17-11)8-5-7-1-2-9(8)15-7/h3-4,6-9,15H,1-2,5H2. The van der Waals surface area contributed by atoms with E-state index in [2.05, 4.69) is 10.3 Å². The van der Waals surface area contributed by atoms with Crippen LogP contribution in [0.25, 0.3) is 11.1 Å². The van der Waals surface area contributed by atoms with Gasteiger partial charge in [0, 0.05) is 24.1 Å². The Morgan fingerprint density at radius 1 is 1.35 bits per heavy atom. The summed E-state index contributed by atoms with van der Waals surface area (Å²) in [4.78, 5) is 4.28. The van der Waals surface area contributed by atoms with E-state index < -0.39 is 0 Å². The Morgan fingerprint density at radius 3 is 3.06 bits per heavy atom. The Labute approximate surface area is 104 Å². The Balaban J connectivity index is 1.76. The number of hydrogen-bond acceptors (Lipinski definition) is 3. The Bertz CT molecular complexity index is 580. The number of hydrogen-bond donors (Lipinski definition) is 1. The van der Waals surface area contributed by atoms with Gasteiger partial charge in [-0.3, -0.25) is 0 Å². The predicted molar refractivity (Wildman–Crippen MR) is 66.3 cm³/mol. The van der Waals surface area contributed by atoms with E-state index in [1.165, 1.54) is 19.3 Å². The first-order valence-electron chi connectivity index (χ1n) is 6.11. The highest BCUT2D eigenvalue weighted by Gasteiger charge is 2.41. The first kappa shape index (κ1) is 9.92. The molecule has 17 heavy (non-hydrogen) atoms. The van der Waals surface area contributed by atoms with Crippen molar-refractivity contribution in [3.05, 3.63) is 29.1 Å². The fourth-order valence-electron chi connectivity index (χ4n) is 3.24. The minimum atomic E-state index is 0.515. The summed E-state index contributed by atoms with van der Waals surface area (Å²) >= 11 is 5.89. The molecule has 2 aliphatic heterocycles. The van der Waals surface area contributed by atoms with Crippen LogP contribution in [-0.4, -0.2) is 17.1 Å². The molecule has 4 heterocycles. The molecule has 0 aliphatic carbocycles. The van der Waals surface area contributed by atoms with E-state index in [0.29, 0.717) is 23.2 Å². The molecule has 4 heteroatoms. The summed E-state index contributed by atoms with van der Waals surface area (Å²) in [6, 6.07) is 7.00. The van der Waals surface area contributed by atoms with Gasteiger partial charge in [-0.2, -0.15) is 0 Å². The van der Waals surface area contributed by atoms with Gasteiger partial charge in [0.15, 0.2) is 5.58 Å². The highest BCUT2D eigenvalue weighted by atomic mass is 35.5. The third-order valence-corrected chi connectivity index (χ3v) is 4.23. The number of fused-ring (bicyclic) bond motifs is 3. The average molecular weight is 249 g/mol. The summed E-state index contributed by atoms with van der Waals surface area (Å²) in [5.41, 5.74) is 1.71. The molecular formula is C13H13ClN2O. The molecule has 2 aromatic heterocycles. The first-order chi connectivity index (χ1) is 8.29. The van der Waals surface area contributed by atoms with Crippen molar-refractivity contribution in [2.24, 2.45) is 0 Å². The van der Waals surface area contributed by atoms with Crippen molar-refractivity contribution in [2.45, 2.75) is 37.3 Å². The van der Waals surface area contributed by atoms with Crippen molar-refractivity contribution >= 4 is 22.7 Å². The van der Waals surface area contributed by atoms with Gasteiger partial charge in [-0.05, 0) is 31.4 Å². The number of halogens is 1. The second-order valence-electron chi connectivity index (χ2n) is 5.06. The molecule has 2 aliphatic rings. The molecule has 0 spiro atoms. The quantitative estimate of drug-likeness (QED) is 0.788. The summed E-state index contributed by atoms with van der Waals surface area (Å²) in [5, 5.41) is 4.15.